The van der Waals surface area contributed by atoms with E-state index in [0.717, 1.165) is 12.8 Å². The van der Waals surface area contributed by atoms with Gasteiger partial charge in [0.05, 0.1) is 16.4 Å². The van der Waals surface area contributed by atoms with Crippen molar-refractivity contribution in [1.82, 2.24) is 0 Å². The molecule has 0 aromatic heterocycles. The van der Waals surface area contributed by atoms with Crippen molar-refractivity contribution >= 4 is 23.0 Å². The summed E-state index contributed by atoms with van der Waals surface area (Å²) in [5, 5.41) is 3.35. The highest BCUT2D eigenvalue weighted by Crippen LogP contribution is 2.27. The lowest BCUT2D eigenvalue weighted by Gasteiger charge is -2.18. The maximum atomic E-state index is 13.1. The Morgan fingerprint density at radius 3 is 2.53 bits per heavy atom. The van der Waals surface area contributed by atoms with Gasteiger partial charge in [-0.3, -0.25) is 0 Å². The van der Waals surface area contributed by atoms with Crippen molar-refractivity contribution in [2.45, 2.75) is 39.7 Å². The summed E-state index contributed by atoms with van der Waals surface area (Å²) in [6.45, 7) is 6.46. The molecule has 0 bridgehead atoms. The Kier molecular flexibility index (Phi) is 5.06. The second-order valence-electron chi connectivity index (χ2n) is 4.87. The van der Waals surface area contributed by atoms with Crippen LogP contribution in [-0.2, 0) is 0 Å². The van der Waals surface area contributed by atoms with Crippen molar-refractivity contribution in [3.8, 4) is 0 Å². The number of nitrogen functional groups attached to an aromatic ring is 1. The molecule has 0 fully saturated rings. The van der Waals surface area contributed by atoms with E-state index in [1.807, 2.05) is 0 Å². The Labute approximate surface area is 107 Å². The van der Waals surface area contributed by atoms with Gasteiger partial charge in [0.25, 0.3) is 0 Å². The molecule has 0 aliphatic heterocycles. The Hall–Kier alpha value is -0.960. The highest BCUT2D eigenvalue weighted by atomic mass is 35.5. The lowest BCUT2D eigenvalue weighted by molar-refractivity contribution is 0.528. The zero-order chi connectivity index (χ0) is 13.0. The van der Waals surface area contributed by atoms with E-state index >= 15 is 0 Å². The van der Waals surface area contributed by atoms with Crippen LogP contribution in [0.1, 0.15) is 33.6 Å². The normalized spacial score (nSPS) is 12.8. The summed E-state index contributed by atoms with van der Waals surface area (Å²) in [5.74, 6) is 0.193. The third-order valence-electron chi connectivity index (χ3n) is 2.67. The van der Waals surface area contributed by atoms with Gasteiger partial charge < -0.3 is 11.1 Å². The molecule has 96 valence electrons. The van der Waals surface area contributed by atoms with Crippen molar-refractivity contribution in [1.29, 1.82) is 0 Å². The van der Waals surface area contributed by atoms with Crippen molar-refractivity contribution in [2.75, 3.05) is 11.1 Å². The summed E-state index contributed by atoms with van der Waals surface area (Å²) in [5.41, 5.74) is 6.83. The first-order valence-corrected chi connectivity index (χ1v) is 6.29. The number of halogens is 2. The first-order valence-electron chi connectivity index (χ1n) is 5.91. The van der Waals surface area contributed by atoms with Crippen molar-refractivity contribution in [3.63, 3.8) is 0 Å². The fourth-order valence-electron chi connectivity index (χ4n) is 1.61. The minimum absolute atomic E-state index is 0.0951. The van der Waals surface area contributed by atoms with Gasteiger partial charge in [0.15, 0.2) is 0 Å². The predicted molar refractivity (Wildman–Crippen MR) is 73.0 cm³/mol. The minimum atomic E-state index is -0.482. The third kappa shape index (κ3) is 4.43. The van der Waals surface area contributed by atoms with E-state index in [-0.39, 0.29) is 5.02 Å². The van der Waals surface area contributed by atoms with Gasteiger partial charge in [-0.2, -0.15) is 0 Å². The van der Waals surface area contributed by atoms with Crippen LogP contribution in [0.4, 0.5) is 15.8 Å². The van der Waals surface area contributed by atoms with Gasteiger partial charge in [-0.1, -0.05) is 25.4 Å². The maximum absolute atomic E-state index is 13.1. The molecule has 2 nitrogen and oxygen atoms in total. The predicted octanol–water partition coefficient (Wildman–Crippen LogP) is 4.30. The molecule has 1 rings (SSSR count). The second-order valence-corrected chi connectivity index (χ2v) is 5.28. The third-order valence-corrected chi connectivity index (χ3v) is 2.96. The quantitative estimate of drug-likeness (QED) is 0.773. The molecule has 0 heterocycles. The highest BCUT2D eigenvalue weighted by Gasteiger charge is 2.09. The van der Waals surface area contributed by atoms with Crippen molar-refractivity contribution in [3.05, 3.63) is 23.0 Å². The number of anilines is 2. The van der Waals surface area contributed by atoms with Gasteiger partial charge in [-0.25, -0.2) is 4.39 Å². The van der Waals surface area contributed by atoms with Crippen molar-refractivity contribution < 1.29 is 4.39 Å². The SMILES string of the molecule is CC(C)CCC(C)Nc1cc(Cl)c(F)cc1N. The Bertz CT molecular complexity index is 380. The molecule has 0 radical (unpaired) electrons. The Balaban J connectivity index is 2.65. The molecule has 3 N–H and O–H groups in total. The Morgan fingerprint density at radius 1 is 1.29 bits per heavy atom. The summed E-state index contributed by atoms with van der Waals surface area (Å²) in [4.78, 5) is 0. The zero-order valence-electron chi connectivity index (χ0n) is 10.6. The van der Waals surface area contributed by atoms with E-state index in [2.05, 4.69) is 26.1 Å². The molecule has 1 unspecified atom stereocenters. The standard InChI is InChI=1S/C13H20ClFN2/c1-8(2)4-5-9(3)17-13-6-10(14)11(15)7-12(13)16/h6-9,17H,4-5,16H2,1-3H3. The molecule has 1 aromatic rings. The summed E-state index contributed by atoms with van der Waals surface area (Å²) >= 11 is 5.73. The maximum Gasteiger partial charge on any atom is 0.143 e. The lowest BCUT2D eigenvalue weighted by Crippen LogP contribution is -2.17. The van der Waals surface area contributed by atoms with Crippen LogP contribution in [0.2, 0.25) is 5.02 Å². The number of hydrogen-bond donors (Lipinski definition) is 2. The van der Waals surface area contributed by atoms with Crippen LogP contribution < -0.4 is 11.1 Å². The van der Waals surface area contributed by atoms with E-state index in [1.54, 1.807) is 0 Å². The molecule has 0 spiro atoms. The van der Waals surface area contributed by atoms with Crippen molar-refractivity contribution in [2.24, 2.45) is 5.92 Å². The molecule has 1 aromatic carbocycles. The number of benzene rings is 1. The molecule has 0 aliphatic carbocycles. The van der Waals surface area contributed by atoms with Gasteiger partial charge in [0.2, 0.25) is 0 Å². The molecule has 0 amide bonds. The van der Waals surface area contributed by atoms with Crippen LogP contribution in [-0.4, -0.2) is 6.04 Å². The first-order chi connectivity index (χ1) is 7.90. The van der Waals surface area contributed by atoms with E-state index in [0.29, 0.717) is 23.3 Å². The van der Waals surface area contributed by atoms with Gasteiger partial charge in [0.1, 0.15) is 5.82 Å². The fourth-order valence-corrected chi connectivity index (χ4v) is 1.77. The average molecular weight is 259 g/mol. The molecule has 0 saturated carbocycles. The molecule has 0 saturated heterocycles. The smallest absolute Gasteiger partial charge is 0.143 e. The summed E-state index contributed by atoms with van der Waals surface area (Å²) in [7, 11) is 0. The largest absolute Gasteiger partial charge is 0.397 e. The molecular formula is C13H20ClFN2. The fraction of sp³-hybridized carbons (Fsp3) is 0.538. The van der Waals surface area contributed by atoms with Gasteiger partial charge in [0, 0.05) is 12.1 Å². The van der Waals surface area contributed by atoms with Crippen LogP contribution in [0.15, 0.2) is 12.1 Å². The Morgan fingerprint density at radius 2 is 1.94 bits per heavy atom. The average Bonchev–Trinajstić information content (AvgIpc) is 2.23. The molecule has 0 aliphatic rings. The van der Waals surface area contributed by atoms with E-state index < -0.39 is 5.82 Å². The van der Waals surface area contributed by atoms with Gasteiger partial charge in [-0.05, 0) is 31.7 Å². The van der Waals surface area contributed by atoms with Crippen LogP contribution in [0, 0.1) is 11.7 Å². The molecule has 4 heteroatoms. The first kappa shape index (κ1) is 14.1. The van der Waals surface area contributed by atoms with Crippen LogP contribution >= 0.6 is 11.6 Å². The lowest BCUT2D eigenvalue weighted by atomic mass is 10.0. The van der Waals surface area contributed by atoms with Gasteiger partial charge in [-0.15, -0.1) is 0 Å². The monoisotopic (exact) mass is 258 g/mol. The van der Waals surface area contributed by atoms with Gasteiger partial charge >= 0.3 is 0 Å². The van der Waals surface area contributed by atoms with E-state index in [1.165, 1.54) is 12.1 Å². The number of nitrogens with two attached hydrogens (primary N) is 1. The molecular weight excluding hydrogens is 239 g/mol. The number of nitrogens with one attached hydrogen (secondary N) is 1. The summed E-state index contributed by atoms with van der Waals surface area (Å²) in [6, 6.07) is 3.08. The van der Waals surface area contributed by atoms with Crippen LogP contribution in [0.25, 0.3) is 0 Å². The number of rotatable bonds is 5. The second kappa shape index (κ2) is 6.10. The molecule has 1 atom stereocenters. The summed E-state index contributed by atoms with van der Waals surface area (Å²) < 4.78 is 13.1. The molecule has 17 heavy (non-hydrogen) atoms. The van der Waals surface area contributed by atoms with Crippen LogP contribution in [0.3, 0.4) is 0 Å². The highest BCUT2D eigenvalue weighted by molar-refractivity contribution is 6.31. The number of hydrogen-bond acceptors (Lipinski definition) is 2. The van der Waals surface area contributed by atoms with E-state index in [9.17, 15) is 4.39 Å². The zero-order valence-corrected chi connectivity index (χ0v) is 11.3. The van der Waals surface area contributed by atoms with E-state index in [4.69, 9.17) is 17.3 Å². The van der Waals surface area contributed by atoms with Crippen LogP contribution in [0.5, 0.6) is 0 Å². The minimum Gasteiger partial charge on any atom is -0.397 e. The summed E-state index contributed by atoms with van der Waals surface area (Å²) in [6.07, 6.45) is 2.19. The topological polar surface area (TPSA) is 38.0 Å².